The average Bonchev–Trinajstić information content (AvgIpc) is 2.15. The zero-order chi connectivity index (χ0) is 9.68. The quantitative estimate of drug-likeness (QED) is 0.473. The van der Waals surface area contributed by atoms with Crippen LogP contribution in [0.4, 0.5) is 0 Å². The van der Waals surface area contributed by atoms with Crippen LogP contribution < -0.4 is 0 Å². The fraction of sp³-hybridized carbons (Fsp3) is 0.333. The van der Waals surface area contributed by atoms with Crippen molar-refractivity contribution >= 4 is 11.6 Å². The van der Waals surface area contributed by atoms with Crippen LogP contribution in [0.5, 0.6) is 0 Å². The smallest absolute Gasteiger partial charge is 0.0474 e. The van der Waals surface area contributed by atoms with Crippen LogP contribution in [-0.4, -0.2) is 0 Å². The summed E-state index contributed by atoms with van der Waals surface area (Å²) in [5, 5.41) is 0. The molecule has 0 aliphatic carbocycles. The molecule has 0 saturated heterocycles. The molecule has 0 amide bonds. The van der Waals surface area contributed by atoms with E-state index in [1.165, 1.54) is 0 Å². The van der Waals surface area contributed by atoms with Gasteiger partial charge in [-0.05, 0) is 17.7 Å². The lowest BCUT2D eigenvalue weighted by Crippen LogP contribution is -1.81. The van der Waals surface area contributed by atoms with Crippen molar-refractivity contribution in [3.8, 4) is 11.8 Å². The van der Waals surface area contributed by atoms with E-state index in [2.05, 4.69) is 25.7 Å². The topological polar surface area (TPSA) is 0 Å². The zero-order valence-corrected chi connectivity index (χ0v) is 8.73. The summed E-state index contributed by atoms with van der Waals surface area (Å²) in [6.45, 7) is 4.17. The Hall–Kier alpha value is -0.930. The van der Waals surface area contributed by atoms with Crippen LogP contribution in [0, 0.1) is 17.8 Å². The summed E-state index contributed by atoms with van der Waals surface area (Å²) in [6.07, 6.45) is 0. The fourth-order valence-electron chi connectivity index (χ4n) is 0.905. The van der Waals surface area contributed by atoms with Crippen LogP contribution in [-0.2, 0) is 5.88 Å². The standard InChI is InChI=1S/C12H13Cl/c1-10(2)3-4-11-5-7-12(9-13)8-6-11/h5-8,10H,9H2,1-2H3. The second-order valence-electron chi connectivity index (χ2n) is 3.25. The van der Waals surface area contributed by atoms with Crippen molar-refractivity contribution in [2.24, 2.45) is 5.92 Å². The molecule has 0 atom stereocenters. The number of alkyl halides is 1. The van der Waals surface area contributed by atoms with Crippen molar-refractivity contribution in [1.82, 2.24) is 0 Å². The lowest BCUT2D eigenvalue weighted by molar-refractivity contribution is 0.866. The summed E-state index contributed by atoms with van der Waals surface area (Å²) in [7, 11) is 0. The van der Waals surface area contributed by atoms with Crippen LogP contribution in [0.1, 0.15) is 25.0 Å². The molecule has 0 radical (unpaired) electrons. The fourth-order valence-corrected chi connectivity index (χ4v) is 1.08. The molecule has 0 saturated carbocycles. The van der Waals surface area contributed by atoms with Crippen molar-refractivity contribution in [1.29, 1.82) is 0 Å². The van der Waals surface area contributed by atoms with Gasteiger partial charge in [-0.25, -0.2) is 0 Å². The van der Waals surface area contributed by atoms with E-state index in [0.717, 1.165) is 11.1 Å². The molecular weight excluding hydrogens is 180 g/mol. The number of rotatable bonds is 1. The number of halogens is 1. The summed E-state index contributed by atoms with van der Waals surface area (Å²) in [5.74, 6) is 7.21. The minimum atomic E-state index is 0.424. The first-order chi connectivity index (χ1) is 6.22. The van der Waals surface area contributed by atoms with Gasteiger partial charge >= 0.3 is 0 Å². The van der Waals surface area contributed by atoms with Crippen LogP contribution in [0.2, 0.25) is 0 Å². The highest BCUT2D eigenvalue weighted by Gasteiger charge is 1.89. The van der Waals surface area contributed by atoms with Crippen molar-refractivity contribution in [2.45, 2.75) is 19.7 Å². The molecule has 0 unspecified atom stereocenters. The highest BCUT2D eigenvalue weighted by molar-refractivity contribution is 6.17. The third kappa shape index (κ3) is 3.53. The minimum Gasteiger partial charge on any atom is -0.122 e. The minimum absolute atomic E-state index is 0.424. The maximum absolute atomic E-state index is 5.67. The lowest BCUT2D eigenvalue weighted by Gasteiger charge is -1.94. The molecule has 1 rings (SSSR count). The molecule has 1 heteroatoms. The van der Waals surface area contributed by atoms with E-state index in [1.54, 1.807) is 0 Å². The molecule has 0 bridgehead atoms. The zero-order valence-electron chi connectivity index (χ0n) is 7.97. The van der Waals surface area contributed by atoms with Gasteiger partial charge in [0.05, 0.1) is 0 Å². The maximum Gasteiger partial charge on any atom is 0.0474 e. The Labute approximate surface area is 84.9 Å². The van der Waals surface area contributed by atoms with Crippen molar-refractivity contribution in [3.05, 3.63) is 35.4 Å². The van der Waals surface area contributed by atoms with Crippen LogP contribution in [0.3, 0.4) is 0 Å². The monoisotopic (exact) mass is 192 g/mol. The van der Waals surface area contributed by atoms with E-state index in [9.17, 15) is 0 Å². The second kappa shape index (κ2) is 4.94. The summed E-state index contributed by atoms with van der Waals surface area (Å²) < 4.78 is 0. The summed E-state index contributed by atoms with van der Waals surface area (Å²) >= 11 is 5.67. The largest absolute Gasteiger partial charge is 0.122 e. The van der Waals surface area contributed by atoms with Gasteiger partial charge in [0.1, 0.15) is 0 Å². The molecule has 0 aliphatic rings. The molecule has 1 aromatic carbocycles. The number of benzene rings is 1. The highest BCUT2D eigenvalue weighted by Crippen LogP contribution is 2.05. The Bertz CT molecular complexity index is 311. The summed E-state index contributed by atoms with van der Waals surface area (Å²) in [6, 6.07) is 8.04. The molecule has 0 N–H and O–H groups in total. The molecule has 0 aliphatic heterocycles. The van der Waals surface area contributed by atoms with Gasteiger partial charge in [0.2, 0.25) is 0 Å². The van der Waals surface area contributed by atoms with E-state index >= 15 is 0 Å². The van der Waals surface area contributed by atoms with Gasteiger partial charge in [0.15, 0.2) is 0 Å². The normalized spacial score (nSPS) is 9.54. The van der Waals surface area contributed by atoms with Crippen molar-refractivity contribution < 1.29 is 0 Å². The van der Waals surface area contributed by atoms with Crippen LogP contribution in [0.25, 0.3) is 0 Å². The molecule has 1 aromatic rings. The summed E-state index contributed by atoms with van der Waals surface area (Å²) in [5.41, 5.74) is 2.19. The third-order valence-electron chi connectivity index (χ3n) is 1.61. The first-order valence-corrected chi connectivity index (χ1v) is 4.92. The van der Waals surface area contributed by atoms with E-state index in [1.807, 2.05) is 24.3 Å². The van der Waals surface area contributed by atoms with Gasteiger partial charge in [0.25, 0.3) is 0 Å². The summed E-state index contributed by atoms with van der Waals surface area (Å²) in [4.78, 5) is 0. The third-order valence-corrected chi connectivity index (χ3v) is 1.92. The van der Waals surface area contributed by atoms with Crippen molar-refractivity contribution in [3.63, 3.8) is 0 Å². The lowest BCUT2D eigenvalue weighted by atomic mass is 10.1. The van der Waals surface area contributed by atoms with Gasteiger partial charge in [0, 0.05) is 17.4 Å². The molecule has 0 aromatic heterocycles. The molecule has 0 nitrogen and oxygen atoms in total. The average molecular weight is 193 g/mol. The highest BCUT2D eigenvalue weighted by atomic mass is 35.5. The number of hydrogen-bond donors (Lipinski definition) is 0. The van der Waals surface area contributed by atoms with Gasteiger partial charge in [-0.15, -0.1) is 11.6 Å². The van der Waals surface area contributed by atoms with Gasteiger partial charge in [-0.1, -0.05) is 37.8 Å². The van der Waals surface area contributed by atoms with Crippen molar-refractivity contribution in [2.75, 3.05) is 0 Å². The molecule has 0 spiro atoms. The van der Waals surface area contributed by atoms with E-state index in [0.29, 0.717) is 11.8 Å². The Kier molecular flexibility index (Phi) is 3.86. The molecule has 68 valence electrons. The van der Waals surface area contributed by atoms with Crippen LogP contribution in [0.15, 0.2) is 24.3 Å². The van der Waals surface area contributed by atoms with E-state index in [4.69, 9.17) is 11.6 Å². The second-order valence-corrected chi connectivity index (χ2v) is 3.52. The predicted molar refractivity (Wildman–Crippen MR) is 57.7 cm³/mol. The first-order valence-electron chi connectivity index (χ1n) is 4.39. The van der Waals surface area contributed by atoms with Gasteiger partial charge < -0.3 is 0 Å². The maximum atomic E-state index is 5.67. The predicted octanol–water partition coefficient (Wildman–Crippen LogP) is 3.43. The molecule has 0 fully saturated rings. The Balaban J connectivity index is 2.77. The Morgan fingerprint density at radius 3 is 2.31 bits per heavy atom. The number of hydrogen-bond acceptors (Lipinski definition) is 0. The Morgan fingerprint density at radius 2 is 1.85 bits per heavy atom. The molecular formula is C12H13Cl. The van der Waals surface area contributed by atoms with E-state index in [-0.39, 0.29) is 0 Å². The van der Waals surface area contributed by atoms with E-state index < -0.39 is 0 Å². The molecule has 13 heavy (non-hydrogen) atoms. The van der Waals surface area contributed by atoms with Gasteiger partial charge in [-0.2, -0.15) is 0 Å². The Morgan fingerprint density at radius 1 is 1.23 bits per heavy atom. The SMILES string of the molecule is CC(C)C#Cc1ccc(CCl)cc1. The molecule has 0 heterocycles. The van der Waals surface area contributed by atoms with Crippen LogP contribution >= 0.6 is 11.6 Å². The first kappa shape index (κ1) is 10.2. The van der Waals surface area contributed by atoms with Gasteiger partial charge in [-0.3, -0.25) is 0 Å².